The first-order chi connectivity index (χ1) is 13.7. The number of aliphatic imine (C=N–C) groups is 1. The first kappa shape index (κ1) is 25.9. The van der Waals surface area contributed by atoms with Gasteiger partial charge in [-0.15, -0.1) is 24.0 Å². The highest BCUT2D eigenvalue weighted by molar-refractivity contribution is 14.0. The number of methoxy groups -OCH3 is 1. The lowest BCUT2D eigenvalue weighted by molar-refractivity contribution is 0.148. The van der Waals surface area contributed by atoms with Crippen LogP contribution in [0.5, 0.6) is 5.88 Å². The van der Waals surface area contributed by atoms with Crippen LogP contribution in [0.3, 0.4) is 0 Å². The van der Waals surface area contributed by atoms with Crippen molar-refractivity contribution in [3.05, 3.63) is 23.9 Å². The molecule has 0 radical (unpaired) electrons. The summed E-state index contributed by atoms with van der Waals surface area (Å²) in [4.78, 5) is 11.0. The van der Waals surface area contributed by atoms with Crippen molar-refractivity contribution in [2.45, 2.75) is 51.2 Å². The van der Waals surface area contributed by atoms with Gasteiger partial charge in [-0.05, 0) is 50.8 Å². The van der Waals surface area contributed by atoms with Gasteiger partial charge in [0.1, 0.15) is 6.10 Å². The second kappa shape index (κ2) is 15.7. The molecule has 0 atom stereocenters. The van der Waals surface area contributed by atoms with Crippen LogP contribution in [0.2, 0.25) is 0 Å². The average Bonchev–Trinajstić information content (AvgIpc) is 2.72. The van der Waals surface area contributed by atoms with Gasteiger partial charge in [0, 0.05) is 59.2 Å². The van der Waals surface area contributed by atoms with E-state index in [1.54, 1.807) is 14.2 Å². The van der Waals surface area contributed by atoms with E-state index in [0.29, 0.717) is 12.6 Å². The summed E-state index contributed by atoms with van der Waals surface area (Å²) in [6.45, 7) is 4.32. The van der Waals surface area contributed by atoms with Crippen LogP contribution < -0.4 is 15.4 Å². The van der Waals surface area contributed by atoms with Crippen LogP contribution in [0.15, 0.2) is 23.3 Å². The minimum absolute atomic E-state index is 0. The first-order valence-electron chi connectivity index (χ1n) is 10.4. The Labute approximate surface area is 193 Å². The lowest BCUT2D eigenvalue weighted by Gasteiger charge is -2.22. The zero-order valence-corrected chi connectivity index (χ0v) is 20.5. The molecule has 29 heavy (non-hydrogen) atoms. The number of likely N-dealkylation sites (N-methyl/N-ethyl adjacent to an activating group) is 1. The summed E-state index contributed by atoms with van der Waals surface area (Å²) in [5, 5.41) is 6.72. The molecular weight excluding hydrogens is 481 g/mol. The van der Waals surface area contributed by atoms with E-state index in [2.05, 4.69) is 32.6 Å². The Balaban J connectivity index is 0.00000420. The Morgan fingerprint density at radius 3 is 2.76 bits per heavy atom. The molecule has 0 saturated heterocycles. The predicted octanol–water partition coefficient (Wildman–Crippen LogP) is 3.04. The van der Waals surface area contributed by atoms with Gasteiger partial charge in [0.15, 0.2) is 5.96 Å². The van der Waals surface area contributed by atoms with Crippen LogP contribution in [0.25, 0.3) is 0 Å². The van der Waals surface area contributed by atoms with Gasteiger partial charge in [0.05, 0.1) is 0 Å². The van der Waals surface area contributed by atoms with Gasteiger partial charge in [-0.3, -0.25) is 4.99 Å². The van der Waals surface area contributed by atoms with Gasteiger partial charge in [0.2, 0.25) is 5.88 Å². The Kier molecular flexibility index (Phi) is 14.0. The minimum atomic E-state index is 0. The molecule has 0 amide bonds. The van der Waals surface area contributed by atoms with E-state index in [9.17, 15) is 0 Å². The predicted molar refractivity (Wildman–Crippen MR) is 129 cm³/mol. The number of aromatic nitrogens is 1. The summed E-state index contributed by atoms with van der Waals surface area (Å²) in [6, 6.07) is 4.04. The van der Waals surface area contributed by atoms with Crippen LogP contribution >= 0.6 is 24.0 Å². The molecule has 2 N–H and O–H groups in total. The summed E-state index contributed by atoms with van der Waals surface area (Å²) in [6.07, 6.45) is 9.31. The van der Waals surface area contributed by atoms with Crippen LogP contribution in [0.4, 0.5) is 0 Å². The minimum Gasteiger partial charge on any atom is -0.474 e. The fourth-order valence-electron chi connectivity index (χ4n) is 3.34. The van der Waals surface area contributed by atoms with E-state index in [4.69, 9.17) is 9.47 Å². The SMILES string of the molecule is CN=C(NCCN(C)CCCOC)NCc1ccnc(OC2CCCCC2)c1.I. The fourth-order valence-corrected chi connectivity index (χ4v) is 3.34. The van der Waals surface area contributed by atoms with Crippen molar-refractivity contribution in [2.75, 3.05) is 47.4 Å². The number of rotatable bonds is 11. The number of ether oxygens (including phenoxy) is 2. The van der Waals surface area contributed by atoms with Gasteiger partial charge < -0.3 is 25.0 Å². The lowest BCUT2D eigenvalue weighted by Crippen LogP contribution is -2.40. The molecule has 1 saturated carbocycles. The Hall–Kier alpha value is -1.13. The third-order valence-electron chi connectivity index (χ3n) is 5.00. The van der Waals surface area contributed by atoms with E-state index in [0.717, 1.165) is 62.9 Å². The van der Waals surface area contributed by atoms with Crippen molar-refractivity contribution in [3.8, 4) is 5.88 Å². The molecular formula is C21H38IN5O2. The molecule has 0 spiro atoms. The highest BCUT2D eigenvalue weighted by Crippen LogP contribution is 2.22. The standard InChI is InChI=1S/C21H37N5O2.HI/c1-22-21(24-12-14-26(2)13-7-15-27-3)25-17-18-10-11-23-20(16-18)28-19-8-5-4-6-9-19;/h10-11,16,19H,4-9,12-15,17H2,1-3H3,(H2,22,24,25);1H. The zero-order chi connectivity index (χ0) is 20.0. The maximum atomic E-state index is 6.06. The summed E-state index contributed by atoms with van der Waals surface area (Å²) < 4.78 is 11.2. The summed E-state index contributed by atoms with van der Waals surface area (Å²) >= 11 is 0. The lowest BCUT2D eigenvalue weighted by atomic mass is 9.98. The number of halogens is 1. The van der Waals surface area contributed by atoms with Gasteiger partial charge >= 0.3 is 0 Å². The molecule has 1 aromatic rings. The molecule has 0 aromatic carbocycles. The topological polar surface area (TPSA) is 71.0 Å². The molecule has 1 heterocycles. The molecule has 2 rings (SSSR count). The van der Waals surface area contributed by atoms with Crippen LogP contribution in [-0.4, -0.2) is 69.4 Å². The molecule has 8 heteroatoms. The number of nitrogens with zero attached hydrogens (tertiary/aromatic N) is 3. The van der Waals surface area contributed by atoms with Crippen LogP contribution in [-0.2, 0) is 11.3 Å². The molecule has 7 nitrogen and oxygen atoms in total. The highest BCUT2D eigenvalue weighted by Gasteiger charge is 2.15. The van der Waals surface area contributed by atoms with Crippen molar-refractivity contribution < 1.29 is 9.47 Å². The van der Waals surface area contributed by atoms with Crippen molar-refractivity contribution in [3.63, 3.8) is 0 Å². The molecule has 1 aromatic heterocycles. The van der Waals surface area contributed by atoms with E-state index in [-0.39, 0.29) is 24.0 Å². The second-order valence-corrected chi connectivity index (χ2v) is 7.38. The van der Waals surface area contributed by atoms with Gasteiger partial charge in [-0.25, -0.2) is 4.98 Å². The summed E-state index contributed by atoms with van der Waals surface area (Å²) in [7, 11) is 5.66. The smallest absolute Gasteiger partial charge is 0.213 e. The Morgan fingerprint density at radius 2 is 2.03 bits per heavy atom. The van der Waals surface area contributed by atoms with Crippen molar-refractivity contribution in [1.29, 1.82) is 0 Å². The zero-order valence-electron chi connectivity index (χ0n) is 18.2. The number of nitrogens with one attached hydrogen (secondary N) is 2. The van der Waals surface area contributed by atoms with Gasteiger partial charge in [0.25, 0.3) is 0 Å². The van der Waals surface area contributed by atoms with E-state index in [1.807, 2.05) is 18.3 Å². The summed E-state index contributed by atoms with van der Waals surface area (Å²) in [5.74, 6) is 1.53. The molecule has 0 unspecified atom stereocenters. The van der Waals surface area contributed by atoms with E-state index in [1.165, 1.54) is 19.3 Å². The fraction of sp³-hybridized carbons (Fsp3) is 0.714. The Bertz CT molecular complexity index is 582. The van der Waals surface area contributed by atoms with E-state index < -0.39 is 0 Å². The van der Waals surface area contributed by atoms with Crippen molar-refractivity contribution in [2.24, 2.45) is 4.99 Å². The number of pyridine rings is 1. The highest BCUT2D eigenvalue weighted by atomic mass is 127. The third-order valence-corrected chi connectivity index (χ3v) is 5.00. The largest absolute Gasteiger partial charge is 0.474 e. The molecule has 1 aliphatic carbocycles. The van der Waals surface area contributed by atoms with Crippen LogP contribution in [0, 0.1) is 0 Å². The first-order valence-corrected chi connectivity index (χ1v) is 10.4. The molecule has 1 fully saturated rings. The molecule has 0 bridgehead atoms. The molecule has 166 valence electrons. The van der Waals surface area contributed by atoms with Crippen molar-refractivity contribution >= 4 is 29.9 Å². The maximum absolute atomic E-state index is 6.06. The quantitative estimate of drug-likeness (QED) is 0.203. The third kappa shape index (κ3) is 11.0. The average molecular weight is 519 g/mol. The van der Waals surface area contributed by atoms with Crippen LogP contribution in [0.1, 0.15) is 44.1 Å². The normalized spacial score (nSPS) is 15.1. The Morgan fingerprint density at radius 1 is 1.24 bits per heavy atom. The monoisotopic (exact) mass is 519 g/mol. The van der Waals surface area contributed by atoms with E-state index >= 15 is 0 Å². The van der Waals surface area contributed by atoms with Crippen molar-refractivity contribution in [1.82, 2.24) is 20.5 Å². The summed E-state index contributed by atoms with van der Waals surface area (Å²) in [5.41, 5.74) is 1.14. The maximum Gasteiger partial charge on any atom is 0.213 e. The van der Waals surface area contributed by atoms with Gasteiger partial charge in [-0.1, -0.05) is 6.42 Å². The number of hydrogen-bond donors (Lipinski definition) is 2. The molecule has 0 aliphatic heterocycles. The second-order valence-electron chi connectivity index (χ2n) is 7.38. The molecule has 1 aliphatic rings. The number of guanidine groups is 1. The van der Waals surface area contributed by atoms with Gasteiger partial charge in [-0.2, -0.15) is 0 Å². The number of hydrogen-bond acceptors (Lipinski definition) is 5.